The maximum absolute atomic E-state index is 12.0. The molecule has 2 rings (SSSR count). The third kappa shape index (κ3) is 3.88. The van der Waals surface area contributed by atoms with Crippen LogP contribution in [0, 0.1) is 11.8 Å². The van der Waals surface area contributed by atoms with E-state index in [2.05, 4.69) is 29.3 Å². The Labute approximate surface area is 131 Å². The Bertz CT molecular complexity index is 612. The fourth-order valence-electron chi connectivity index (χ4n) is 3.05. The smallest absolute Gasteiger partial charge is 0.328 e. The molecule has 22 heavy (non-hydrogen) atoms. The lowest BCUT2D eigenvalue weighted by atomic mass is 9.79. The standard InChI is InChI=1S/C18H21NO3/c1-3-7-17(20)19-16(18(21)22-2)12-14-10-6-9-13-8-4-5-11-15(13)14/h4-5,8,11,14,16H,6,9-10,12H2,1-2H3,(H,19,20)/t14-,16+/m0/s1. The van der Waals surface area contributed by atoms with Gasteiger partial charge in [0.25, 0.3) is 5.91 Å². The van der Waals surface area contributed by atoms with Gasteiger partial charge in [0.1, 0.15) is 6.04 Å². The molecule has 0 heterocycles. The van der Waals surface area contributed by atoms with Crippen molar-refractivity contribution in [2.24, 2.45) is 0 Å². The van der Waals surface area contributed by atoms with Crippen LogP contribution in [0.1, 0.15) is 43.2 Å². The predicted molar refractivity (Wildman–Crippen MR) is 84.1 cm³/mol. The van der Waals surface area contributed by atoms with Gasteiger partial charge in [-0.2, -0.15) is 0 Å². The van der Waals surface area contributed by atoms with E-state index < -0.39 is 17.9 Å². The Balaban J connectivity index is 2.15. The third-order valence-corrected chi connectivity index (χ3v) is 4.04. The van der Waals surface area contributed by atoms with Gasteiger partial charge in [-0.05, 0) is 55.6 Å². The summed E-state index contributed by atoms with van der Waals surface area (Å²) in [5, 5.41) is 2.66. The Morgan fingerprint density at radius 3 is 2.91 bits per heavy atom. The number of benzene rings is 1. The van der Waals surface area contributed by atoms with Crippen LogP contribution in [-0.2, 0) is 20.7 Å². The van der Waals surface area contributed by atoms with Crippen LogP contribution in [0.2, 0.25) is 0 Å². The molecule has 0 aromatic heterocycles. The number of fused-ring (bicyclic) bond motifs is 1. The zero-order chi connectivity index (χ0) is 15.9. The number of methoxy groups -OCH3 is 1. The van der Waals surface area contributed by atoms with Crippen LogP contribution in [0.3, 0.4) is 0 Å². The summed E-state index contributed by atoms with van der Waals surface area (Å²) in [4.78, 5) is 23.6. The van der Waals surface area contributed by atoms with E-state index in [4.69, 9.17) is 4.74 Å². The summed E-state index contributed by atoms with van der Waals surface area (Å²) in [5.41, 5.74) is 2.61. The van der Waals surface area contributed by atoms with Gasteiger partial charge >= 0.3 is 5.97 Å². The molecule has 0 bridgehead atoms. The van der Waals surface area contributed by atoms with Crippen LogP contribution in [0.15, 0.2) is 24.3 Å². The normalized spacial score (nSPS) is 17.5. The van der Waals surface area contributed by atoms with E-state index >= 15 is 0 Å². The molecule has 0 fully saturated rings. The van der Waals surface area contributed by atoms with E-state index in [1.165, 1.54) is 18.2 Å². The number of carbonyl (C=O) groups is 2. The van der Waals surface area contributed by atoms with Gasteiger partial charge in [0.15, 0.2) is 0 Å². The van der Waals surface area contributed by atoms with Gasteiger partial charge in [0.05, 0.1) is 7.11 Å². The first-order valence-electron chi connectivity index (χ1n) is 7.54. The van der Waals surface area contributed by atoms with E-state index in [9.17, 15) is 9.59 Å². The van der Waals surface area contributed by atoms with Crippen LogP contribution >= 0.6 is 0 Å². The maximum Gasteiger partial charge on any atom is 0.328 e. The maximum atomic E-state index is 12.0. The second-order valence-corrected chi connectivity index (χ2v) is 5.45. The highest BCUT2D eigenvalue weighted by atomic mass is 16.5. The molecule has 0 spiro atoms. The van der Waals surface area contributed by atoms with Gasteiger partial charge in [-0.15, -0.1) is 0 Å². The highest BCUT2D eigenvalue weighted by Gasteiger charge is 2.28. The number of carbonyl (C=O) groups excluding carboxylic acids is 2. The van der Waals surface area contributed by atoms with Crippen LogP contribution in [-0.4, -0.2) is 25.0 Å². The molecule has 1 aromatic carbocycles. The minimum atomic E-state index is -0.658. The average molecular weight is 299 g/mol. The summed E-state index contributed by atoms with van der Waals surface area (Å²) in [6.45, 7) is 1.59. The number of hydrogen-bond donors (Lipinski definition) is 1. The van der Waals surface area contributed by atoms with Gasteiger partial charge in [-0.1, -0.05) is 30.2 Å². The molecule has 2 atom stereocenters. The molecular weight excluding hydrogens is 278 g/mol. The summed E-state index contributed by atoms with van der Waals surface area (Å²) < 4.78 is 4.82. The largest absolute Gasteiger partial charge is 0.467 e. The lowest BCUT2D eigenvalue weighted by Gasteiger charge is -2.28. The first kappa shape index (κ1) is 16.1. The van der Waals surface area contributed by atoms with E-state index in [-0.39, 0.29) is 5.92 Å². The molecule has 1 aliphatic carbocycles. The summed E-state index contributed by atoms with van der Waals surface area (Å²) in [7, 11) is 1.34. The van der Waals surface area contributed by atoms with Crippen molar-refractivity contribution in [2.45, 2.75) is 44.6 Å². The van der Waals surface area contributed by atoms with Crippen molar-refractivity contribution in [2.75, 3.05) is 7.11 Å². The quantitative estimate of drug-likeness (QED) is 0.685. The monoisotopic (exact) mass is 299 g/mol. The first-order chi connectivity index (χ1) is 10.7. The number of esters is 1. The highest BCUT2D eigenvalue weighted by molar-refractivity contribution is 5.96. The molecule has 1 aliphatic rings. The van der Waals surface area contributed by atoms with E-state index in [1.54, 1.807) is 6.92 Å². The lowest BCUT2D eigenvalue weighted by Crippen LogP contribution is -2.42. The molecule has 4 heteroatoms. The Hall–Kier alpha value is -2.28. The van der Waals surface area contributed by atoms with Gasteiger partial charge in [-0.3, -0.25) is 4.79 Å². The summed E-state index contributed by atoms with van der Waals surface area (Å²) >= 11 is 0. The molecule has 0 unspecified atom stereocenters. The van der Waals surface area contributed by atoms with Gasteiger partial charge in [0, 0.05) is 0 Å². The summed E-state index contributed by atoms with van der Waals surface area (Å²) in [5.74, 6) is 4.33. The SMILES string of the molecule is CC#CC(=O)N[C@H](C[C@@H]1CCCc2ccccc21)C(=O)OC. The van der Waals surface area contributed by atoms with Crippen molar-refractivity contribution >= 4 is 11.9 Å². The number of nitrogens with one attached hydrogen (secondary N) is 1. The van der Waals surface area contributed by atoms with Crippen LogP contribution in [0.25, 0.3) is 0 Å². The van der Waals surface area contributed by atoms with Gasteiger partial charge in [0.2, 0.25) is 0 Å². The van der Waals surface area contributed by atoms with Crippen molar-refractivity contribution < 1.29 is 14.3 Å². The third-order valence-electron chi connectivity index (χ3n) is 4.04. The number of aryl methyl sites for hydroxylation is 1. The van der Waals surface area contributed by atoms with Crippen molar-refractivity contribution in [1.82, 2.24) is 5.32 Å². The second-order valence-electron chi connectivity index (χ2n) is 5.45. The Morgan fingerprint density at radius 1 is 1.41 bits per heavy atom. The zero-order valence-corrected chi connectivity index (χ0v) is 13.0. The molecule has 0 saturated heterocycles. The second kappa shape index (κ2) is 7.65. The van der Waals surface area contributed by atoms with Gasteiger partial charge < -0.3 is 10.1 Å². The molecule has 1 amide bonds. The van der Waals surface area contributed by atoms with Crippen LogP contribution in [0.4, 0.5) is 0 Å². The number of ether oxygens (including phenoxy) is 1. The first-order valence-corrected chi connectivity index (χ1v) is 7.54. The predicted octanol–water partition coefficient (Wildman–Crippen LogP) is 2.18. The van der Waals surface area contributed by atoms with E-state index in [1.807, 2.05) is 12.1 Å². The Kier molecular flexibility index (Phi) is 5.60. The summed E-state index contributed by atoms with van der Waals surface area (Å²) in [6, 6.07) is 7.65. The molecule has 0 aliphatic heterocycles. The average Bonchev–Trinajstić information content (AvgIpc) is 2.54. The van der Waals surface area contributed by atoms with Crippen molar-refractivity contribution in [3.05, 3.63) is 35.4 Å². The molecule has 0 radical (unpaired) electrons. The van der Waals surface area contributed by atoms with E-state index in [0.29, 0.717) is 6.42 Å². The molecule has 1 N–H and O–H groups in total. The summed E-state index contributed by atoms with van der Waals surface area (Å²) in [6.07, 6.45) is 3.72. The van der Waals surface area contributed by atoms with Crippen molar-refractivity contribution in [1.29, 1.82) is 0 Å². The Morgan fingerprint density at radius 2 is 2.18 bits per heavy atom. The number of rotatable bonds is 4. The van der Waals surface area contributed by atoms with E-state index in [0.717, 1.165) is 19.3 Å². The highest BCUT2D eigenvalue weighted by Crippen LogP contribution is 2.34. The van der Waals surface area contributed by atoms with Crippen LogP contribution in [0.5, 0.6) is 0 Å². The molecule has 1 aromatic rings. The fourth-order valence-corrected chi connectivity index (χ4v) is 3.05. The topological polar surface area (TPSA) is 55.4 Å². The van der Waals surface area contributed by atoms with Gasteiger partial charge in [-0.25, -0.2) is 4.79 Å². The minimum absolute atomic E-state index is 0.254. The molecular formula is C18H21NO3. The molecule has 4 nitrogen and oxygen atoms in total. The van der Waals surface area contributed by atoms with Crippen molar-refractivity contribution in [3.63, 3.8) is 0 Å². The lowest BCUT2D eigenvalue weighted by molar-refractivity contribution is -0.144. The minimum Gasteiger partial charge on any atom is -0.467 e. The fraction of sp³-hybridized carbons (Fsp3) is 0.444. The number of amides is 1. The number of hydrogen-bond acceptors (Lipinski definition) is 3. The zero-order valence-electron chi connectivity index (χ0n) is 13.0. The van der Waals surface area contributed by atoms with Crippen LogP contribution < -0.4 is 5.32 Å². The van der Waals surface area contributed by atoms with Crippen molar-refractivity contribution in [3.8, 4) is 11.8 Å². The molecule has 0 saturated carbocycles. The molecule has 116 valence electrons.